The van der Waals surface area contributed by atoms with Gasteiger partial charge in [0, 0.05) is 12.6 Å². The zero-order valence-corrected chi connectivity index (χ0v) is 12.0. The number of fused-ring (bicyclic) bond motifs is 4. The number of benzene rings is 1. The minimum absolute atomic E-state index is 0.276. The maximum absolute atomic E-state index is 11.4. The Balaban J connectivity index is 1.70. The second-order valence-corrected chi connectivity index (χ2v) is 6.21. The third-order valence-electron chi connectivity index (χ3n) is 5.13. The fourth-order valence-electron chi connectivity index (χ4n) is 4.07. The van der Waals surface area contributed by atoms with Crippen LogP contribution in [0.1, 0.15) is 23.2 Å². The Labute approximate surface area is 124 Å². The highest BCUT2D eigenvalue weighted by atomic mass is 16.5. The van der Waals surface area contributed by atoms with Crippen LogP contribution < -0.4 is 9.64 Å². The fraction of sp³-hybridized carbons (Fsp3) is 0.562. The van der Waals surface area contributed by atoms with Gasteiger partial charge in [-0.1, -0.05) is 6.07 Å². The van der Waals surface area contributed by atoms with Crippen LogP contribution in [0.25, 0.3) is 0 Å². The molecule has 0 radical (unpaired) electrons. The normalized spacial score (nSPS) is 30.7. The molecular weight excluding hydrogens is 268 g/mol. The van der Waals surface area contributed by atoms with E-state index in [1.54, 1.807) is 6.07 Å². The summed E-state index contributed by atoms with van der Waals surface area (Å²) in [6.45, 7) is 4.95. The van der Waals surface area contributed by atoms with Gasteiger partial charge >= 0.3 is 5.97 Å². The molecule has 5 nitrogen and oxygen atoms in total. The van der Waals surface area contributed by atoms with Crippen LogP contribution in [0, 0.1) is 5.92 Å². The minimum Gasteiger partial charge on any atom is -0.489 e. The van der Waals surface area contributed by atoms with Crippen molar-refractivity contribution in [3.63, 3.8) is 0 Å². The Morgan fingerprint density at radius 1 is 1.24 bits per heavy atom. The SMILES string of the molecule is O=C(O)c1cccc2c1OCCN2C1CN2CCC1CC2. The predicted molar refractivity (Wildman–Crippen MR) is 79.2 cm³/mol. The van der Waals surface area contributed by atoms with Crippen molar-refractivity contribution in [1.29, 1.82) is 0 Å². The second-order valence-electron chi connectivity index (χ2n) is 6.21. The van der Waals surface area contributed by atoms with Crippen molar-refractivity contribution in [1.82, 2.24) is 4.90 Å². The monoisotopic (exact) mass is 288 g/mol. The standard InChI is InChI=1S/C16H20N2O3/c19-16(20)12-2-1-3-13-15(12)21-9-8-18(13)14-10-17-6-4-11(14)5-7-17/h1-3,11,14H,4-10H2,(H,19,20). The Kier molecular flexibility index (Phi) is 3.03. The predicted octanol–water partition coefficient (Wildman–Crippen LogP) is 1.68. The molecule has 1 aromatic rings. The van der Waals surface area contributed by atoms with E-state index in [9.17, 15) is 9.90 Å². The summed E-state index contributed by atoms with van der Waals surface area (Å²) in [6, 6.07) is 5.95. The zero-order valence-electron chi connectivity index (χ0n) is 12.0. The summed E-state index contributed by atoms with van der Waals surface area (Å²) in [5.74, 6) is 0.366. The van der Waals surface area contributed by atoms with Gasteiger partial charge in [-0.2, -0.15) is 0 Å². The number of rotatable bonds is 2. The maximum Gasteiger partial charge on any atom is 0.339 e. The van der Waals surface area contributed by atoms with Gasteiger partial charge in [0.05, 0.1) is 12.2 Å². The largest absolute Gasteiger partial charge is 0.489 e. The number of carboxylic acid groups (broad SMARTS) is 1. The molecule has 1 atom stereocenters. The van der Waals surface area contributed by atoms with Crippen LogP contribution >= 0.6 is 0 Å². The van der Waals surface area contributed by atoms with Gasteiger partial charge in [-0.3, -0.25) is 0 Å². The molecule has 3 saturated heterocycles. The quantitative estimate of drug-likeness (QED) is 0.897. The molecule has 5 rings (SSSR count). The van der Waals surface area contributed by atoms with Crippen LogP contribution in [0.5, 0.6) is 5.75 Å². The molecule has 1 aromatic carbocycles. The zero-order chi connectivity index (χ0) is 14.4. The number of nitrogens with zero attached hydrogens (tertiary/aromatic N) is 2. The van der Waals surface area contributed by atoms with E-state index in [1.807, 2.05) is 12.1 Å². The lowest BCUT2D eigenvalue weighted by Crippen LogP contribution is -2.58. The number of carboxylic acids is 1. The Bertz CT molecular complexity index is 567. The number of anilines is 1. The number of aromatic carboxylic acids is 1. The first-order chi connectivity index (χ1) is 10.2. The topological polar surface area (TPSA) is 53.0 Å². The van der Waals surface area contributed by atoms with E-state index in [-0.39, 0.29) is 5.56 Å². The lowest BCUT2D eigenvalue weighted by atomic mass is 9.82. The van der Waals surface area contributed by atoms with Gasteiger partial charge in [-0.15, -0.1) is 0 Å². The van der Waals surface area contributed by atoms with Gasteiger partial charge in [0.2, 0.25) is 0 Å². The van der Waals surface area contributed by atoms with E-state index < -0.39 is 5.97 Å². The van der Waals surface area contributed by atoms with Crippen molar-refractivity contribution >= 4 is 11.7 Å². The van der Waals surface area contributed by atoms with E-state index in [4.69, 9.17) is 4.74 Å². The smallest absolute Gasteiger partial charge is 0.339 e. The van der Waals surface area contributed by atoms with Crippen LogP contribution in [-0.4, -0.2) is 54.8 Å². The number of hydrogen-bond acceptors (Lipinski definition) is 4. The average Bonchev–Trinajstić information content (AvgIpc) is 2.54. The van der Waals surface area contributed by atoms with Crippen molar-refractivity contribution in [2.75, 3.05) is 37.7 Å². The highest BCUT2D eigenvalue weighted by Gasteiger charge is 2.39. The van der Waals surface area contributed by atoms with Gasteiger partial charge < -0.3 is 19.6 Å². The summed E-state index contributed by atoms with van der Waals surface area (Å²) in [5.41, 5.74) is 1.23. The summed E-state index contributed by atoms with van der Waals surface area (Å²) in [6.07, 6.45) is 2.52. The number of hydrogen-bond donors (Lipinski definition) is 1. The minimum atomic E-state index is -0.914. The third kappa shape index (κ3) is 2.07. The summed E-state index contributed by atoms with van der Waals surface area (Å²) >= 11 is 0. The average molecular weight is 288 g/mol. The molecule has 4 aliphatic rings. The van der Waals surface area contributed by atoms with Crippen molar-refractivity contribution in [3.8, 4) is 5.75 Å². The summed E-state index contributed by atoms with van der Waals surface area (Å²) in [4.78, 5) is 16.3. The van der Waals surface area contributed by atoms with Gasteiger partial charge in [0.1, 0.15) is 12.2 Å². The first-order valence-corrected chi connectivity index (χ1v) is 7.72. The molecule has 0 spiro atoms. The lowest BCUT2D eigenvalue weighted by Gasteiger charge is -2.50. The van der Waals surface area contributed by atoms with Crippen molar-refractivity contribution < 1.29 is 14.6 Å². The fourth-order valence-corrected chi connectivity index (χ4v) is 4.07. The number of piperidine rings is 3. The molecule has 3 fully saturated rings. The van der Waals surface area contributed by atoms with Crippen LogP contribution in [0.15, 0.2) is 18.2 Å². The van der Waals surface area contributed by atoms with Crippen LogP contribution in [0.4, 0.5) is 5.69 Å². The molecule has 0 aliphatic carbocycles. The molecule has 2 bridgehead atoms. The molecule has 4 aliphatic heterocycles. The van der Waals surface area contributed by atoms with Crippen LogP contribution in [0.2, 0.25) is 0 Å². The van der Waals surface area contributed by atoms with Crippen molar-refractivity contribution in [2.45, 2.75) is 18.9 Å². The maximum atomic E-state index is 11.4. The summed E-state index contributed by atoms with van der Waals surface area (Å²) in [7, 11) is 0. The molecular formula is C16H20N2O3. The molecule has 5 heteroatoms. The highest BCUT2D eigenvalue weighted by Crippen LogP contribution is 2.40. The van der Waals surface area contributed by atoms with E-state index in [0.29, 0.717) is 18.4 Å². The van der Waals surface area contributed by atoms with E-state index in [1.165, 1.54) is 25.9 Å². The number of carbonyl (C=O) groups is 1. The summed E-state index contributed by atoms with van der Waals surface area (Å²) in [5, 5.41) is 9.34. The first-order valence-electron chi connectivity index (χ1n) is 7.72. The number of para-hydroxylation sites is 1. The Hall–Kier alpha value is -1.75. The lowest BCUT2D eigenvalue weighted by molar-refractivity contribution is 0.0689. The molecule has 0 amide bonds. The van der Waals surface area contributed by atoms with Gasteiger partial charge in [-0.25, -0.2) is 4.79 Å². The first kappa shape index (κ1) is 13.0. The van der Waals surface area contributed by atoms with Crippen LogP contribution in [0.3, 0.4) is 0 Å². The molecule has 4 heterocycles. The Morgan fingerprint density at radius 2 is 2.05 bits per heavy atom. The third-order valence-corrected chi connectivity index (χ3v) is 5.13. The van der Waals surface area contributed by atoms with Crippen molar-refractivity contribution in [3.05, 3.63) is 23.8 Å². The van der Waals surface area contributed by atoms with E-state index >= 15 is 0 Å². The number of ether oxygens (including phenoxy) is 1. The molecule has 1 N–H and O–H groups in total. The van der Waals surface area contributed by atoms with Crippen LogP contribution in [-0.2, 0) is 0 Å². The molecule has 0 saturated carbocycles. The Morgan fingerprint density at radius 3 is 2.71 bits per heavy atom. The van der Waals surface area contributed by atoms with Gasteiger partial charge in [0.15, 0.2) is 5.75 Å². The molecule has 112 valence electrons. The van der Waals surface area contributed by atoms with Gasteiger partial charge in [-0.05, 0) is 44.0 Å². The molecule has 1 unspecified atom stereocenters. The molecule has 0 aromatic heterocycles. The van der Waals surface area contributed by atoms with Gasteiger partial charge in [0.25, 0.3) is 0 Å². The molecule has 21 heavy (non-hydrogen) atoms. The van der Waals surface area contributed by atoms with E-state index in [2.05, 4.69) is 9.80 Å². The van der Waals surface area contributed by atoms with E-state index in [0.717, 1.165) is 24.7 Å². The van der Waals surface area contributed by atoms with Crippen molar-refractivity contribution in [2.24, 2.45) is 5.92 Å². The summed E-state index contributed by atoms with van der Waals surface area (Å²) < 4.78 is 5.68. The second kappa shape index (κ2) is 4.91. The highest BCUT2D eigenvalue weighted by molar-refractivity contribution is 5.93.